The van der Waals surface area contributed by atoms with Crippen molar-refractivity contribution in [3.05, 3.63) is 73.7 Å². The fourth-order valence-corrected chi connectivity index (χ4v) is 4.24. The molecule has 0 aliphatic heterocycles. The summed E-state index contributed by atoms with van der Waals surface area (Å²) in [4.78, 5) is 33.9. The zero-order chi connectivity index (χ0) is 21.3. The molecule has 4 aromatic rings. The van der Waals surface area contributed by atoms with Gasteiger partial charge in [-0.2, -0.15) is 4.98 Å². The van der Waals surface area contributed by atoms with Crippen LogP contribution in [0.5, 0.6) is 0 Å². The van der Waals surface area contributed by atoms with Gasteiger partial charge in [-0.25, -0.2) is 4.98 Å². The van der Waals surface area contributed by atoms with E-state index in [2.05, 4.69) is 20.4 Å². The van der Waals surface area contributed by atoms with Gasteiger partial charge in [0.15, 0.2) is 5.82 Å². The fraction of sp³-hybridized carbons (Fsp3) is 0.211. The molecular formula is C19H15Cl2N5O3S. The molecule has 1 N–H and O–H groups in total. The van der Waals surface area contributed by atoms with Crippen molar-refractivity contribution < 1.29 is 9.32 Å². The number of benzene rings is 1. The Morgan fingerprint density at radius 2 is 2.17 bits per heavy atom. The fourth-order valence-electron chi connectivity index (χ4n) is 2.94. The van der Waals surface area contributed by atoms with E-state index in [1.54, 1.807) is 24.3 Å². The van der Waals surface area contributed by atoms with E-state index in [1.807, 2.05) is 12.3 Å². The average molecular weight is 464 g/mol. The van der Waals surface area contributed by atoms with Gasteiger partial charge < -0.3 is 9.84 Å². The van der Waals surface area contributed by atoms with Gasteiger partial charge in [-0.3, -0.25) is 14.2 Å². The molecule has 3 heterocycles. The molecule has 11 heteroatoms. The highest BCUT2D eigenvalue weighted by molar-refractivity contribution is 7.16. The van der Waals surface area contributed by atoms with Crippen LogP contribution in [0.15, 0.2) is 45.3 Å². The van der Waals surface area contributed by atoms with Crippen LogP contribution in [0.3, 0.4) is 0 Å². The predicted octanol–water partition coefficient (Wildman–Crippen LogP) is 3.62. The quantitative estimate of drug-likeness (QED) is 0.468. The summed E-state index contributed by atoms with van der Waals surface area (Å²) in [5.74, 6) is 0.138. The molecule has 0 spiro atoms. The first kappa shape index (κ1) is 20.5. The van der Waals surface area contributed by atoms with Gasteiger partial charge in [0, 0.05) is 10.0 Å². The SMILES string of the molecule is CC(NC(=O)Cc1noc(Cn2cnc3sccc3c2=O)n1)c1ccc(Cl)cc1Cl. The highest BCUT2D eigenvalue weighted by atomic mass is 35.5. The minimum atomic E-state index is -0.323. The number of nitrogens with zero attached hydrogens (tertiary/aromatic N) is 4. The van der Waals surface area contributed by atoms with Crippen molar-refractivity contribution in [3.63, 3.8) is 0 Å². The van der Waals surface area contributed by atoms with Crippen molar-refractivity contribution in [2.24, 2.45) is 0 Å². The zero-order valence-electron chi connectivity index (χ0n) is 15.6. The summed E-state index contributed by atoms with van der Waals surface area (Å²) in [5.41, 5.74) is 0.561. The Labute approximate surface area is 184 Å². The maximum Gasteiger partial charge on any atom is 0.262 e. The molecule has 0 bridgehead atoms. The Hall–Kier alpha value is -2.75. The molecule has 8 nitrogen and oxygen atoms in total. The molecular weight excluding hydrogens is 449 g/mol. The van der Waals surface area contributed by atoms with Crippen molar-refractivity contribution in [3.8, 4) is 0 Å². The van der Waals surface area contributed by atoms with Crippen molar-refractivity contribution in [1.29, 1.82) is 0 Å². The second kappa shape index (κ2) is 8.55. The van der Waals surface area contributed by atoms with E-state index < -0.39 is 0 Å². The Kier molecular flexibility index (Phi) is 5.85. The Bertz CT molecular complexity index is 1280. The second-order valence-corrected chi connectivity index (χ2v) is 8.29. The summed E-state index contributed by atoms with van der Waals surface area (Å²) in [7, 11) is 0. The van der Waals surface area contributed by atoms with Crippen LogP contribution in [-0.2, 0) is 17.8 Å². The third kappa shape index (κ3) is 4.38. The topological polar surface area (TPSA) is 103 Å². The number of amides is 1. The molecule has 1 unspecified atom stereocenters. The summed E-state index contributed by atoms with van der Waals surface area (Å²) in [6, 6.07) is 6.50. The van der Waals surface area contributed by atoms with Gasteiger partial charge in [0.1, 0.15) is 11.4 Å². The van der Waals surface area contributed by atoms with Gasteiger partial charge in [-0.15, -0.1) is 11.3 Å². The highest BCUT2D eigenvalue weighted by Crippen LogP contribution is 2.26. The van der Waals surface area contributed by atoms with Crippen LogP contribution >= 0.6 is 34.5 Å². The van der Waals surface area contributed by atoms with Crippen LogP contribution in [0, 0.1) is 0 Å². The maximum atomic E-state index is 12.4. The number of aromatic nitrogens is 4. The van der Waals surface area contributed by atoms with Gasteiger partial charge in [0.05, 0.1) is 24.2 Å². The monoisotopic (exact) mass is 463 g/mol. The predicted molar refractivity (Wildman–Crippen MR) is 114 cm³/mol. The molecule has 0 fully saturated rings. The summed E-state index contributed by atoms with van der Waals surface area (Å²) in [5, 5.41) is 10.00. The normalized spacial score (nSPS) is 12.2. The van der Waals surface area contributed by atoms with E-state index in [0.717, 1.165) is 5.56 Å². The van der Waals surface area contributed by atoms with Crippen LogP contribution in [0.4, 0.5) is 0 Å². The third-order valence-electron chi connectivity index (χ3n) is 4.39. The summed E-state index contributed by atoms with van der Waals surface area (Å²) in [6.45, 7) is 1.89. The van der Waals surface area contributed by atoms with Crippen molar-refractivity contribution >= 4 is 50.7 Å². The lowest BCUT2D eigenvalue weighted by atomic mass is 10.1. The van der Waals surface area contributed by atoms with Crippen molar-refractivity contribution in [2.75, 3.05) is 0 Å². The first-order valence-corrected chi connectivity index (χ1v) is 10.5. The number of hydrogen-bond acceptors (Lipinski definition) is 7. The molecule has 0 aliphatic carbocycles. The minimum Gasteiger partial charge on any atom is -0.349 e. The van der Waals surface area contributed by atoms with Crippen molar-refractivity contribution in [1.82, 2.24) is 25.0 Å². The number of rotatable bonds is 6. The first-order chi connectivity index (χ1) is 14.4. The molecule has 0 saturated carbocycles. The molecule has 3 aromatic heterocycles. The van der Waals surface area contributed by atoms with E-state index in [1.165, 1.54) is 22.2 Å². The van der Waals surface area contributed by atoms with Gasteiger partial charge >= 0.3 is 0 Å². The number of thiophene rings is 1. The zero-order valence-corrected chi connectivity index (χ0v) is 18.0. The Morgan fingerprint density at radius 3 is 2.97 bits per heavy atom. The summed E-state index contributed by atoms with van der Waals surface area (Å²) < 4.78 is 6.56. The highest BCUT2D eigenvalue weighted by Gasteiger charge is 2.17. The number of fused-ring (bicyclic) bond motifs is 1. The van der Waals surface area contributed by atoms with E-state index in [0.29, 0.717) is 20.3 Å². The lowest BCUT2D eigenvalue weighted by Crippen LogP contribution is -2.28. The molecule has 30 heavy (non-hydrogen) atoms. The van der Waals surface area contributed by atoms with E-state index >= 15 is 0 Å². The smallest absolute Gasteiger partial charge is 0.262 e. The minimum absolute atomic E-state index is 0.0724. The molecule has 154 valence electrons. The third-order valence-corrected chi connectivity index (χ3v) is 5.77. The Balaban J connectivity index is 1.40. The molecule has 0 aliphatic rings. The van der Waals surface area contributed by atoms with Crippen LogP contribution in [-0.4, -0.2) is 25.6 Å². The largest absolute Gasteiger partial charge is 0.349 e. The van der Waals surface area contributed by atoms with Gasteiger partial charge in [-0.05, 0) is 36.1 Å². The van der Waals surface area contributed by atoms with Crippen LogP contribution < -0.4 is 10.9 Å². The summed E-state index contributed by atoms with van der Waals surface area (Å²) >= 11 is 13.5. The van der Waals surface area contributed by atoms with Gasteiger partial charge in [0.25, 0.3) is 5.56 Å². The van der Waals surface area contributed by atoms with E-state index in [4.69, 9.17) is 27.7 Å². The second-order valence-electron chi connectivity index (χ2n) is 6.55. The molecule has 0 saturated heterocycles. The molecule has 1 amide bonds. The van der Waals surface area contributed by atoms with Crippen LogP contribution in [0.25, 0.3) is 10.2 Å². The van der Waals surface area contributed by atoms with Crippen LogP contribution in [0.2, 0.25) is 10.0 Å². The number of halogens is 2. The van der Waals surface area contributed by atoms with Crippen molar-refractivity contribution in [2.45, 2.75) is 25.9 Å². The number of carbonyl (C=O) groups excluding carboxylic acids is 1. The van der Waals surface area contributed by atoms with Gasteiger partial charge in [-0.1, -0.05) is 34.4 Å². The average Bonchev–Trinajstić information content (AvgIpc) is 3.33. The number of carbonyl (C=O) groups is 1. The number of hydrogen-bond donors (Lipinski definition) is 1. The lowest BCUT2D eigenvalue weighted by molar-refractivity contribution is -0.121. The summed E-state index contributed by atoms with van der Waals surface area (Å²) in [6.07, 6.45) is 1.37. The maximum absolute atomic E-state index is 12.4. The van der Waals surface area contributed by atoms with E-state index in [9.17, 15) is 9.59 Å². The Morgan fingerprint density at radius 1 is 1.33 bits per heavy atom. The molecule has 4 rings (SSSR count). The molecule has 0 radical (unpaired) electrons. The molecule has 1 aromatic carbocycles. The molecule has 1 atom stereocenters. The lowest BCUT2D eigenvalue weighted by Gasteiger charge is -2.15. The van der Waals surface area contributed by atoms with Gasteiger partial charge in [0.2, 0.25) is 11.8 Å². The first-order valence-electron chi connectivity index (χ1n) is 8.89. The number of nitrogens with one attached hydrogen (secondary N) is 1. The standard InChI is InChI=1S/C19H15Cl2N5O3S/c1-10(12-3-2-11(20)6-14(12)21)23-16(27)7-15-24-17(29-25-15)8-26-9-22-18-13(19(26)28)4-5-30-18/h2-6,9-10H,7-8H2,1H3,(H,23,27). The van der Waals surface area contributed by atoms with E-state index in [-0.39, 0.29) is 42.2 Å². The van der Waals surface area contributed by atoms with Crippen LogP contribution in [0.1, 0.15) is 30.2 Å².